The van der Waals surface area contributed by atoms with Gasteiger partial charge in [0.1, 0.15) is 0 Å². The molecular formula is C11H8Br. The number of alkyl halides is 1. The van der Waals surface area contributed by atoms with Gasteiger partial charge >= 0.3 is 0 Å². The van der Waals surface area contributed by atoms with E-state index >= 15 is 0 Å². The van der Waals surface area contributed by atoms with Gasteiger partial charge in [-0.1, -0.05) is 52.3 Å². The lowest BCUT2D eigenvalue weighted by atomic mass is 10.1. The lowest BCUT2D eigenvalue weighted by Crippen LogP contribution is -1.78. The zero-order valence-corrected chi connectivity index (χ0v) is 8.14. The SMILES string of the molecule is BrCc1[c]c2ccccc2cc1. The van der Waals surface area contributed by atoms with Gasteiger partial charge in [0.15, 0.2) is 0 Å². The van der Waals surface area contributed by atoms with Crippen molar-refractivity contribution in [2.45, 2.75) is 5.33 Å². The summed E-state index contributed by atoms with van der Waals surface area (Å²) >= 11 is 3.41. The number of benzene rings is 2. The fourth-order valence-electron chi connectivity index (χ4n) is 1.24. The van der Waals surface area contributed by atoms with E-state index in [1.165, 1.54) is 16.3 Å². The first-order chi connectivity index (χ1) is 5.90. The van der Waals surface area contributed by atoms with Gasteiger partial charge in [-0.3, -0.25) is 0 Å². The van der Waals surface area contributed by atoms with Crippen molar-refractivity contribution in [3.63, 3.8) is 0 Å². The lowest BCUT2D eigenvalue weighted by molar-refractivity contribution is 1.45. The summed E-state index contributed by atoms with van der Waals surface area (Å²) in [6.07, 6.45) is 0. The van der Waals surface area contributed by atoms with Gasteiger partial charge in [0.05, 0.1) is 0 Å². The van der Waals surface area contributed by atoms with E-state index in [1.807, 2.05) is 12.1 Å². The Morgan fingerprint density at radius 3 is 2.75 bits per heavy atom. The standard InChI is InChI=1S/C11H8Br/c12-8-9-5-6-10-3-1-2-4-11(10)7-9/h1-6H,8H2. The van der Waals surface area contributed by atoms with Crippen molar-refractivity contribution in [2.75, 3.05) is 0 Å². The largest absolute Gasteiger partial charge is 0.0876 e. The third-order valence-corrected chi connectivity index (χ3v) is 2.47. The van der Waals surface area contributed by atoms with Crippen molar-refractivity contribution in [1.29, 1.82) is 0 Å². The quantitative estimate of drug-likeness (QED) is 0.645. The van der Waals surface area contributed by atoms with E-state index in [-0.39, 0.29) is 0 Å². The highest BCUT2D eigenvalue weighted by Crippen LogP contribution is 2.16. The second kappa shape index (κ2) is 3.28. The third kappa shape index (κ3) is 1.37. The normalized spacial score (nSPS) is 10.4. The van der Waals surface area contributed by atoms with Crippen LogP contribution in [0.1, 0.15) is 5.56 Å². The Kier molecular flexibility index (Phi) is 2.13. The van der Waals surface area contributed by atoms with Crippen LogP contribution in [0.15, 0.2) is 36.4 Å². The summed E-state index contributed by atoms with van der Waals surface area (Å²) in [5, 5.41) is 3.31. The number of hydrogen-bond acceptors (Lipinski definition) is 0. The molecule has 0 atom stereocenters. The van der Waals surface area contributed by atoms with Gasteiger partial charge < -0.3 is 0 Å². The third-order valence-electron chi connectivity index (χ3n) is 1.86. The van der Waals surface area contributed by atoms with Crippen molar-refractivity contribution in [2.24, 2.45) is 0 Å². The van der Waals surface area contributed by atoms with Gasteiger partial charge in [-0.25, -0.2) is 0 Å². The Balaban J connectivity index is 2.67. The molecule has 0 unspecified atom stereocenters. The molecule has 0 aliphatic carbocycles. The van der Waals surface area contributed by atoms with Crippen LogP contribution in [0.5, 0.6) is 0 Å². The van der Waals surface area contributed by atoms with Crippen LogP contribution >= 0.6 is 15.9 Å². The smallest absolute Gasteiger partial charge is 0.0289 e. The van der Waals surface area contributed by atoms with E-state index in [9.17, 15) is 0 Å². The van der Waals surface area contributed by atoms with Crippen LogP contribution in [-0.2, 0) is 5.33 Å². The Morgan fingerprint density at radius 1 is 1.08 bits per heavy atom. The fourth-order valence-corrected chi connectivity index (χ4v) is 1.57. The Bertz CT molecular complexity index is 393. The summed E-state index contributed by atoms with van der Waals surface area (Å²) in [4.78, 5) is 0. The molecule has 0 aliphatic heterocycles. The molecule has 2 aromatic carbocycles. The minimum absolute atomic E-state index is 0.873. The second-order valence-corrected chi connectivity index (χ2v) is 3.27. The topological polar surface area (TPSA) is 0 Å². The monoisotopic (exact) mass is 219 g/mol. The summed E-state index contributed by atoms with van der Waals surface area (Å²) in [6.45, 7) is 0. The molecule has 0 amide bonds. The van der Waals surface area contributed by atoms with Gasteiger partial charge in [-0.05, 0) is 22.4 Å². The predicted octanol–water partition coefficient (Wildman–Crippen LogP) is 3.53. The molecule has 0 nitrogen and oxygen atoms in total. The summed E-state index contributed by atoms with van der Waals surface area (Å²) in [5.74, 6) is 0. The van der Waals surface area contributed by atoms with Crippen molar-refractivity contribution in [3.05, 3.63) is 48.0 Å². The van der Waals surface area contributed by atoms with E-state index in [4.69, 9.17) is 0 Å². The molecule has 0 fully saturated rings. The molecule has 0 saturated carbocycles. The van der Waals surface area contributed by atoms with Crippen LogP contribution in [0, 0.1) is 6.07 Å². The molecule has 2 rings (SSSR count). The minimum atomic E-state index is 0.873. The Labute approximate surface area is 80.3 Å². The van der Waals surface area contributed by atoms with E-state index in [0.717, 1.165) is 5.33 Å². The summed E-state index contributed by atoms with van der Waals surface area (Å²) in [6, 6.07) is 15.8. The van der Waals surface area contributed by atoms with Crippen LogP contribution in [-0.4, -0.2) is 0 Å². The average Bonchev–Trinajstić information content (AvgIpc) is 2.17. The van der Waals surface area contributed by atoms with Gasteiger partial charge in [-0.15, -0.1) is 0 Å². The van der Waals surface area contributed by atoms with Crippen molar-refractivity contribution in [1.82, 2.24) is 0 Å². The van der Waals surface area contributed by atoms with Crippen molar-refractivity contribution in [3.8, 4) is 0 Å². The molecule has 0 aliphatic rings. The predicted molar refractivity (Wildman–Crippen MR) is 55.4 cm³/mol. The van der Waals surface area contributed by atoms with E-state index < -0.39 is 0 Å². The van der Waals surface area contributed by atoms with Gasteiger partial charge in [0, 0.05) is 5.33 Å². The van der Waals surface area contributed by atoms with Crippen LogP contribution in [0.4, 0.5) is 0 Å². The number of halogens is 1. The van der Waals surface area contributed by atoms with E-state index in [2.05, 4.69) is 46.3 Å². The highest BCUT2D eigenvalue weighted by Gasteiger charge is 1.93. The van der Waals surface area contributed by atoms with Crippen molar-refractivity contribution >= 4 is 26.7 Å². The van der Waals surface area contributed by atoms with Crippen LogP contribution in [0.3, 0.4) is 0 Å². The fraction of sp³-hybridized carbons (Fsp3) is 0.0909. The molecule has 0 spiro atoms. The second-order valence-electron chi connectivity index (χ2n) is 2.70. The lowest BCUT2D eigenvalue weighted by Gasteiger charge is -1.98. The van der Waals surface area contributed by atoms with Gasteiger partial charge in [0.25, 0.3) is 0 Å². The molecule has 0 N–H and O–H groups in total. The Morgan fingerprint density at radius 2 is 1.92 bits per heavy atom. The molecule has 1 heteroatoms. The highest BCUT2D eigenvalue weighted by molar-refractivity contribution is 9.08. The molecule has 59 valence electrons. The first-order valence-corrected chi connectivity index (χ1v) is 4.98. The number of hydrogen-bond donors (Lipinski definition) is 0. The average molecular weight is 220 g/mol. The molecule has 1 radical (unpaired) electrons. The van der Waals surface area contributed by atoms with E-state index in [1.54, 1.807) is 0 Å². The maximum atomic E-state index is 3.41. The van der Waals surface area contributed by atoms with E-state index in [0.29, 0.717) is 0 Å². The van der Waals surface area contributed by atoms with Crippen LogP contribution in [0.2, 0.25) is 0 Å². The van der Waals surface area contributed by atoms with Crippen molar-refractivity contribution < 1.29 is 0 Å². The molecular weight excluding hydrogens is 212 g/mol. The number of rotatable bonds is 1. The molecule has 0 saturated heterocycles. The first-order valence-electron chi connectivity index (χ1n) is 3.86. The zero-order chi connectivity index (χ0) is 8.39. The minimum Gasteiger partial charge on any atom is -0.0876 e. The maximum Gasteiger partial charge on any atom is 0.0289 e. The maximum absolute atomic E-state index is 3.41. The van der Waals surface area contributed by atoms with Gasteiger partial charge in [0.2, 0.25) is 0 Å². The highest BCUT2D eigenvalue weighted by atomic mass is 79.9. The molecule has 0 bridgehead atoms. The summed E-state index contributed by atoms with van der Waals surface area (Å²) < 4.78 is 0. The number of fused-ring (bicyclic) bond motifs is 1. The molecule has 12 heavy (non-hydrogen) atoms. The Hall–Kier alpha value is -0.820. The van der Waals surface area contributed by atoms with Crippen LogP contribution in [0.25, 0.3) is 10.8 Å². The zero-order valence-electron chi connectivity index (χ0n) is 6.55. The summed E-state index contributed by atoms with van der Waals surface area (Å²) in [5.41, 5.74) is 1.20. The molecule has 0 heterocycles. The first kappa shape index (κ1) is 7.81. The molecule has 0 aromatic heterocycles. The summed E-state index contributed by atoms with van der Waals surface area (Å²) in [7, 11) is 0. The molecule has 2 aromatic rings. The van der Waals surface area contributed by atoms with Gasteiger partial charge in [-0.2, -0.15) is 0 Å². The van der Waals surface area contributed by atoms with Crippen LogP contribution < -0.4 is 0 Å².